The SMILES string of the molecule is C[C@H](CO)N1C[C@H](C)[C@@H](CN(C)C(=O)CN(C)C)Oc2cc(-c3ccncc3)ccc2S1(=O)=O. The van der Waals surface area contributed by atoms with Gasteiger partial charge in [-0.2, -0.15) is 4.31 Å². The van der Waals surface area contributed by atoms with Gasteiger partial charge in [0.2, 0.25) is 15.9 Å². The van der Waals surface area contributed by atoms with Gasteiger partial charge in [-0.15, -0.1) is 0 Å². The number of nitrogens with zero attached hydrogens (tertiary/aromatic N) is 4. The fourth-order valence-corrected chi connectivity index (χ4v) is 5.76. The maximum atomic E-state index is 13.6. The van der Waals surface area contributed by atoms with Crippen LogP contribution in [-0.2, 0) is 14.8 Å². The molecule has 9 nitrogen and oxygen atoms in total. The lowest BCUT2D eigenvalue weighted by atomic mass is 10.0. The zero-order chi connectivity index (χ0) is 25.0. The van der Waals surface area contributed by atoms with Gasteiger partial charge in [0, 0.05) is 37.9 Å². The third kappa shape index (κ3) is 5.75. The van der Waals surface area contributed by atoms with Crippen LogP contribution in [0, 0.1) is 5.92 Å². The maximum Gasteiger partial charge on any atom is 0.247 e. The molecule has 2 aromatic rings. The molecule has 186 valence electrons. The first-order chi connectivity index (χ1) is 16.0. The minimum absolute atomic E-state index is 0.0461. The van der Waals surface area contributed by atoms with Crippen molar-refractivity contribution < 1.29 is 23.1 Å². The summed E-state index contributed by atoms with van der Waals surface area (Å²) in [6, 6.07) is 8.08. The van der Waals surface area contributed by atoms with Gasteiger partial charge in [0.15, 0.2) is 0 Å². The molecule has 0 radical (unpaired) electrons. The fourth-order valence-electron chi connectivity index (χ4n) is 3.93. The number of likely N-dealkylation sites (N-methyl/N-ethyl adjacent to an activating group) is 2. The number of carbonyl (C=O) groups excluding carboxylic acids is 1. The number of aliphatic hydroxyl groups is 1. The van der Waals surface area contributed by atoms with Crippen molar-refractivity contribution in [1.82, 2.24) is 19.1 Å². The molecule has 0 fully saturated rings. The van der Waals surface area contributed by atoms with Crippen LogP contribution in [0.25, 0.3) is 11.1 Å². The monoisotopic (exact) mass is 490 g/mol. The average molecular weight is 491 g/mol. The predicted molar refractivity (Wildman–Crippen MR) is 130 cm³/mol. The molecule has 1 aromatic heterocycles. The summed E-state index contributed by atoms with van der Waals surface area (Å²) in [5.74, 6) is -0.0626. The molecule has 10 heteroatoms. The summed E-state index contributed by atoms with van der Waals surface area (Å²) in [7, 11) is 1.46. The number of carbonyl (C=O) groups is 1. The van der Waals surface area contributed by atoms with Gasteiger partial charge in [-0.25, -0.2) is 8.42 Å². The van der Waals surface area contributed by atoms with Gasteiger partial charge >= 0.3 is 0 Å². The van der Waals surface area contributed by atoms with Crippen molar-refractivity contribution in [3.8, 4) is 16.9 Å². The number of rotatable bonds is 7. The first-order valence-corrected chi connectivity index (χ1v) is 12.7. The number of hydrogen-bond acceptors (Lipinski definition) is 7. The minimum Gasteiger partial charge on any atom is -0.487 e. The first-order valence-electron chi connectivity index (χ1n) is 11.3. The summed E-state index contributed by atoms with van der Waals surface area (Å²) < 4.78 is 34.8. The maximum absolute atomic E-state index is 13.6. The van der Waals surface area contributed by atoms with E-state index in [4.69, 9.17) is 4.74 Å². The van der Waals surface area contributed by atoms with E-state index < -0.39 is 22.2 Å². The molecule has 3 atom stereocenters. The van der Waals surface area contributed by atoms with Gasteiger partial charge in [-0.1, -0.05) is 13.0 Å². The zero-order valence-corrected chi connectivity index (χ0v) is 21.2. The van der Waals surface area contributed by atoms with E-state index in [0.29, 0.717) is 6.54 Å². The molecule has 1 aliphatic rings. The summed E-state index contributed by atoms with van der Waals surface area (Å²) in [5, 5.41) is 9.78. The van der Waals surface area contributed by atoms with Crippen LogP contribution in [0.15, 0.2) is 47.6 Å². The third-order valence-corrected chi connectivity index (χ3v) is 8.03. The highest BCUT2D eigenvalue weighted by atomic mass is 32.2. The highest BCUT2D eigenvalue weighted by molar-refractivity contribution is 7.89. The second-order valence-corrected chi connectivity index (χ2v) is 11.0. The van der Waals surface area contributed by atoms with Gasteiger partial charge in [0.25, 0.3) is 0 Å². The van der Waals surface area contributed by atoms with Gasteiger partial charge in [-0.3, -0.25) is 9.78 Å². The molecule has 0 bridgehead atoms. The molecule has 1 amide bonds. The standard InChI is InChI=1S/C24H34N4O5S/c1-17-13-28(18(2)16-29)34(31,32)23-7-6-20(19-8-10-25-11-9-19)12-21(23)33-22(17)14-27(5)24(30)15-26(3)4/h6-12,17-18,22,29H,13-16H2,1-5H3/t17-,18+,22+/m0/s1. The number of hydrogen-bond donors (Lipinski definition) is 1. The summed E-state index contributed by atoms with van der Waals surface area (Å²) in [5.41, 5.74) is 1.67. The Labute approximate surface area is 202 Å². The van der Waals surface area contributed by atoms with Crippen LogP contribution in [0.2, 0.25) is 0 Å². The van der Waals surface area contributed by atoms with Gasteiger partial charge in [0.1, 0.15) is 16.7 Å². The van der Waals surface area contributed by atoms with Crippen molar-refractivity contribution in [2.45, 2.75) is 30.9 Å². The molecule has 3 rings (SSSR count). The Bertz CT molecular complexity index is 1090. The van der Waals surface area contributed by atoms with E-state index in [1.54, 1.807) is 54.4 Å². The number of ether oxygens (including phenoxy) is 1. The van der Waals surface area contributed by atoms with Crippen LogP contribution in [0.4, 0.5) is 0 Å². The molecule has 0 spiro atoms. The highest BCUT2D eigenvalue weighted by Gasteiger charge is 2.38. The molecule has 0 aliphatic carbocycles. The van der Waals surface area contributed by atoms with E-state index in [1.807, 2.05) is 33.2 Å². The molecule has 1 aliphatic heterocycles. The lowest BCUT2D eigenvalue weighted by Gasteiger charge is -2.37. The van der Waals surface area contributed by atoms with E-state index >= 15 is 0 Å². The molecule has 0 unspecified atom stereocenters. The third-order valence-electron chi connectivity index (χ3n) is 6.01. The number of aliphatic hydroxyl groups excluding tert-OH is 1. The van der Waals surface area contributed by atoms with E-state index in [1.165, 1.54) is 4.31 Å². The Hall–Kier alpha value is -2.53. The fraction of sp³-hybridized carbons (Fsp3) is 0.500. The Morgan fingerprint density at radius 1 is 1.21 bits per heavy atom. The van der Waals surface area contributed by atoms with E-state index in [2.05, 4.69) is 4.98 Å². The Balaban J connectivity index is 2.06. The van der Waals surface area contributed by atoms with Crippen molar-refractivity contribution in [2.24, 2.45) is 5.92 Å². The molecular formula is C24H34N4O5S. The molecular weight excluding hydrogens is 456 g/mol. The smallest absolute Gasteiger partial charge is 0.247 e. The lowest BCUT2D eigenvalue weighted by Crippen LogP contribution is -2.50. The van der Waals surface area contributed by atoms with E-state index in [-0.39, 0.29) is 42.2 Å². The predicted octanol–water partition coefficient (Wildman–Crippen LogP) is 1.54. The van der Waals surface area contributed by atoms with E-state index in [9.17, 15) is 18.3 Å². The Morgan fingerprint density at radius 3 is 2.50 bits per heavy atom. The summed E-state index contributed by atoms with van der Waals surface area (Å²) >= 11 is 0. The number of amides is 1. The number of aromatic nitrogens is 1. The second kappa shape index (κ2) is 10.8. The number of fused-ring (bicyclic) bond motifs is 1. The normalized spacial score (nSPS) is 21.1. The Morgan fingerprint density at radius 2 is 1.88 bits per heavy atom. The molecule has 0 saturated carbocycles. The average Bonchev–Trinajstić information content (AvgIpc) is 2.80. The van der Waals surface area contributed by atoms with Crippen LogP contribution in [-0.4, -0.2) is 98.1 Å². The molecule has 2 heterocycles. The minimum atomic E-state index is -3.92. The highest BCUT2D eigenvalue weighted by Crippen LogP contribution is 2.36. The molecule has 0 saturated heterocycles. The lowest BCUT2D eigenvalue weighted by molar-refractivity contribution is -0.132. The molecule has 34 heavy (non-hydrogen) atoms. The van der Waals surface area contributed by atoms with Crippen molar-refractivity contribution in [2.75, 3.05) is 47.4 Å². The molecule has 1 N–H and O–H groups in total. The summed E-state index contributed by atoms with van der Waals surface area (Å²) in [6.07, 6.45) is 2.89. The van der Waals surface area contributed by atoms with E-state index in [0.717, 1.165) is 11.1 Å². The summed E-state index contributed by atoms with van der Waals surface area (Å²) in [6.45, 7) is 4.01. The van der Waals surface area contributed by atoms with Crippen LogP contribution >= 0.6 is 0 Å². The number of sulfonamides is 1. The zero-order valence-electron chi connectivity index (χ0n) is 20.4. The van der Waals surface area contributed by atoms with Crippen molar-refractivity contribution >= 4 is 15.9 Å². The first kappa shape index (κ1) is 26.1. The van der Waals surface area contributed by atoms with Crippen molar-refractivity contribution in [1.29, 1.82) is 0 Å². The van der Waals surface area contributed by atoms with Gasteiger partial charge in [0.05, 0.1) is 19.7 Å². The number of benzene rings is 1. The van der Waals surface area contributed by atoms with Gasteiger partial charge in [-0.05, 0) is 56.4 Å². The van der Waals surface area contributed by atoms with Crippen molar-refractivity contribution in [3.05, 3.63) is 42.7 Å². The second-order valence-electron chi connectivity index (χ2n) is 9.15. The van der Waals surface area contributed by atoms with Crippen LogP contribution in [0.5, 0.6) is 5.75 Å². The molecule has 1 aromatic carbocycles. The van der Waals surface area contributed by atoms with Crippen LogP contribution < -0.4 is 4.74 Å². The van der Waals surface area contributed by atoms with Crippen molar-refractivity contribution in [3.63, 3.8) is 0 Å². The Kier molecular flexibility index (Phi) is 8.29. The largest absolute Gasteiger partial charge is 0.487 e. The van der Waals surface area contributed by atoms with Crippen LogP contribution in [0.3, 0.4) is 0 Å². The van der Waals surface area contributed by atoms with Gasteiger partial charge < -0.3 is 19.6 Å². The summed E-state index contributed by atoms with van der Waals surface area (Å²) in [4.78, 5) is 20.1. The quantitative estimate of drug-likeness (QED) is 0.628. The van der Waals surface area contributed by atoms with Crippen LogP contribution in [0.1, 0.15) is 13.8 Å². The topological polar surface area (TPSA) is 103 Å². The number of pyridine rings is 1.